The van der Waals surface area contributed by atoms with Gasteiger partial charge in [0.1, 0.15) is 17.5 Å². The first-order valence-corrected chi connectivity index (χ1v) is 6.52. The molecule has 1 saturated heterocycles. The van der Waals surface area contributed by atoms with Gasteiger partial charge in [0.2, 0.25) is 0 Å². The van der Waals surface area contributed by atoms with Crippen molar-refractivity contribution in [2.75, 3.05) is 36.6 Å². The average Bonchev–Trinajstić information content (AvgIpc) is 2.45. The molecule has 2 heterocycles. The molecule has 4 N–H and O–H groups in total. The van der Waals surface area contributed by atoms with Gasteiger partial charge in [0.05, 0.1) is 19.3 Å². The van der Waals surface area contributed by atoms with E-state index in [2.05, 4.69) is 20.3 Å². The van der Waals surface area contributed by atoms with Gasteiger partial charge in [0.25, 0.3) is 0 Å². The summed E-state index contributed by atoms with van der Waals surface area (Å²) in [4.78, 5) is 10.8. The van der Waals surface area contributed by atoms with Crippen LogP contribution < -0.4 is 16.2 Å². The molecule has 1 fully saturated rings. The maximum Gasteiger partial charge on any atom is 0.145 e. The summed E-state index contributed by atoms with van der Waals surface area (Å²) >= 11 is 0. The summed E-state index contributed by atoms with van der Waals surface area (Å²) < 4.78 is 5.54. The van der Waals surface area contributed by atoms with Gasteiger partial charge in [-0.1, -0.05) is 0 Å². The summed E-state index contributed by atoms with van der Waals surface area (Å²) in [7, 11) is 0. The van der Waals surface area contributed by atoms with Crippen LogP contribution in [0.2, 0.25) is 0 Å². The third-order valence-electron chi connectivity index (χ3n) is 3.18. The van der Waals surface area contributed by atoms with Gasteiger partial charge in [-0.2, -0.15) is 0 Å². The molecule has 0 aromatic carbocycles. The van der Waals surface area contributed by atoms with Crippen molar-refractivity contribution in [2.24, 2.45) is 5.84 Å². The van der Waals surface area contributed by atoms with E-state index in [1.165, 1.54) is 0 Å². The molecule has 0 saturated carbocycles. The number of hydrazine groups is 1. The van der Waals surface area contributed by atoms with Crippen LogP contribution in [0.4, 0.5) is 11.6 Å². The quantitative estimate of drug-likeness (QED) is 0.512. The monoisotopic (exact) mass is 267 g/mol. The third-order valence-corrected chi connectivity index (χ3v) is 3.18. The number of aliphatic hydroxyl groups is 1. The van der Waals surface area contributed by atoms with Gasteiger partial charge in [-0.15, -0.1) is 0 Å². The third kappa shape index (κ3) is 3.76. The molecule has 7 heteroatoms. The molecular weight excluding hydrogens is 246 g/mol. The van der Waals surface area contributed by atoms with Crippen LogP contribution in [0.15, 0.2) is 6.07 Å². The molecule has 0 unspecified atom stereocenters. The molecule has 0 aliphatic carbocycles. The Morgan fingerprint density at radius 3 is 2.84 bits per heavy atom. The Hall–Kier alpha value is -1.44. The average molecular weight is 267 g/mol. The second kappa shape index (κ2) is 6.65. The minimum atomic E-state index is 0.0802. The van der Waals surface area contributed by atoms with E-state index in [-0.39, 0.29) is 12.7 Å². The molecular formula is C12H21N5O2. The SMILES string of the molecule is Cc1nc(NN)cc(N2CCC(OCCO)CC2)n1. The highest BCUT2D eigenvalue weighted by molar-refractivity contribution is 5.49. The number of hydrogen-bond donors (Lipinski definition) is 3. The summed E-state index contributed by atoms with van der Waals surface area (Å²) in [5, 5.41) is 8.74. The molecule has 19 heavy (non-hydrogen) atoms. The molecule has 106 valence electrons. The predicted octanol–water partition coefficient (Wildman–Crippen LogP) is 0.0483. The molecule has 1 aromatic heterocycles. The van der Waals surface area contributed by atoms with Gasteiger partial charge in [0, 0.05) is 19.2 Å². The Labute approximate surface area is 112 Å². The second-order valence-electron chi connectivity index (χ2n) is 4.58. The van der Waals surface area contributed by atoms with E-state index in [0.29, 0.717) is 18.2 Å². The summed E-state index contributed by atoms with van der Waals surface area (Å²) in [5.41, 5.74) is 2.55. The molecule has 0 bridgehead atoms. The van der Waals surface area contributed by atoms with Gasteiger partial charge >= 0.3 is 0 Å². The highest BCUT2D eigenvalue weighted by Crippen LogP contribution is 2.21. The number of hydrogen-bond acceptors (Lipinski definition) is 7. The van der Waals surface area contributed by atoms with Crippen LogP contribution in [0, 0.1) is 6.92 Å². The van der Waals surface area contributed by atoms with Crippen molar-refractivity contribution in [3.63, 3.8) is 0 Å². The Morgan fingerprint density at radius 1 is 1.47 bits per heavy atom. The number of rotatable bonds is 5. The standard InChI is InChI=1S/C12H21N5O2/c1-9-14-11(16-13)8-12(15-9)17-4-2-10(3-5-17)19-7-6-18/h8,10,18H,2-7,13H2,1H3,(H,14,15,16). The number of aromatic nitrogens is 2. The zero-order chi connectivity index (χ0) is 13.7. The van der Waals surface area contributed by atoms with Crippen molar-refractivity contribution in [1.82, 2.24) is 9.97 Å². The van der Waals surface area contributed by atoms with E-state index in [9.17, 15) is 0 Å². The van der Waals surface area contributed by atoms with Crippen LogP contribution in [-0.2, 0) is 4.74 Å². The van der Waals surface area contributed by atoms with E-state index in [4.69, 9.17) is 15.7 Å². The molecule has 1 aromatic rings. The van der Waals surface area contributed by atoms with Crippen LogP contribution in [-0.4, -0.2) is 47.5 Å². The molecule has 7 nitrogen and oxygen atoms in total. The summed E-state index contributed by atoms with van der Waals surface area (Å²) in [6.45, 7) is 4.12. The first kappa shape index (κ1) is 14.0. The van der Waals surface area contributed by atoms with Gasteiger partial charge in [-0.3, -0.25) is 0 Å². The lowest BCUT2D eigenvalue weighted by Crippen LogP contribution is -2.38. The van der Waals surface area contributed by atoms with Crippen molar-refractivity contribution < 1.29 is 9.84 Å². The maximum absolute atomic E-state index is 8.74. The Balaban J connectivity index is 1.95. The highest BCUT2D eigenvalue weighted by atomic mass is 16.5. The normalized spacial score (nSPS) is 16.7. The number of piperidine rings is 1. The number of nitrogens with zero attached hydrogens (tertiary/aromatic N) is 3. The first-order valence-electron chi connectivity index (χ1n) is 6.52. The lowest BCUT2D eigenvalue weighted by Gasteiger charge is -2.32. The molecule has 0 spiro atoms. The smallest absolute Gasteiger partial charge is 0.145 e. The fourth-order valence-electron chi connectivity index (χ4n) is 2.26. The van der Waals surface area contributed by atoms with Gasteiger partial charge in [-0.25, -0.2) is 15.8 Å². The van der Waals surface area contributed by atoms with Crippen LogP contribution >= 0.6 is 0 Å². The van der Waals surface area contributed by atoms with Crippen molar-refractivity contribution in [3.8, 4) is 0 Å². The molecule has 1 aliphatic heterocycles. The molecule has 2 rings (SSSR count). The van der Waals surface area contributed by atoms with E-state index in [0.717, 1.165) is 31.7 Å². The van der Waals surface area contributed by atoms with E-state index >= 15 is 0 Å². The fourth-order valence-corrected chi connectivity index (χ4v) is 2.26. The largest absolute Gasteiger partial charge is 0.394 e. The van der Waals surface area contributed by atoms with Gasteiger partial charge in [0.15, 0.2) is 0 Å². The summed E-state index contributed by atoms with van der Waals surface area (Å²) in [5.74, 6) is 7.61. The molecule has 0 atom stereocenters. The second-order valence-corrected chi connectivity index (χ2v) is 4.58. The fraction of sp³-hybridized carbons (Fsp3) is 0.667. The topological polar surface area (TPSA) is 96.5 Å². The van der Waals surface area contributed by atoms with Crippen LogP contribution in [0.3, 0.4) is 0 Å². The van der Waals surface area contributed by atoms with Crippen LogP contribution in [0.25, 0.3) is 0 Å². The Bertz CT molecular complexity index is 407. The molecule has 0 amide bonds. The number of nitrogens with two attached hydrogens (primary N) is 1. The minimum Gasteiger partial charge on any atom is -0.394 e. The van der Waals surface area contributed by atoms with Crippen LogP contribution in [0.5, 0.6) is 0 Å². The van der Waals surface area contributed by atoms with Gasteiger partial charge < -0.3 is 20.2 Å². The molecule has 1 aliphatic rings. The van der Waals surface area contributed by atoms with Crippen LogP contribution in [0.1, 0.15) is 18.7 Å². The minimum absolute atomic E-state index is 0.0802. The number of nitrogen functional groups attached to an aromatic ring is 1. The lowest BCUT2D eigenvalue weighted by atomic mass is 10.1. The van der Waals surface area contributed by atoms with Crippen molar-refractivity contribution in [3.05, 3.63) is 11.9 Å². The number of anilines is 2. The zero-order valence-corrected chi connectivity index (χ0v) is 11.2. The molecule has 0 radical (unpaired) electrons. The zero-order valence-electron chi connectivity index (χ0n) is 11.2. The summed E-state index contributed by atoms with van der Waals surface area (Å²) in [6.07, 6.45) is 2.11. The number of ether oxygens (including phenoxy) is 1. The van der Waals surface area contributed by atoms with E-state index in [1.54, 1.807) is 0 Å². The number of aryl methyl sites for hydroxylation is 1. The van der Waals surface area contributed by atoms with E-state index < -0.39 is 0 Å². The van der Waals surface area contributed by atoms with E-state index in [1.807, 2.05) is 13.0 Å². The highest BCUT2D eigenvalue weighted by Gasteiger charge is 2.21. The summed E-state index contributed by atoms with van der Waals surface area (Å²) in [6, 6.07) is 1.85. The lowest BCUT2D eigenvalue weighted by molar-refractivity contribution is 0.0158. The van der Waals surface area contributed by atoms with Crippen molar-refractivity contribution in [2.45, 2.75) is 25.9 Å². The number of nitrogens with one attached hydrogen (secondary N) is 1. The van der Waals surface area contributed by atoms with Crippen molar-refractivity contribution in [1.29, 1.82) is 0 Å². The maximum atomic E-state index is 8.74. The first-order chi connectivity index (χ1) is 9.22. The predicted molar refractivity (Wildman–Crippen MR) is 72.9 cm³/mol. The Morgan fingerprint density at radius 2 is 2.21 bits per heavy atom. The van der Waals surface area contributed by atoms with Gasteiger partial charge in [-0.05, 0) is 19.8 Å². The number of aliphatic hydroxyl groups excluding tert-OH is 1. The Kier molecular flexibility index (Phi) is 4.89. The van der Waals surface area contributed by atoms with Crippen molar-refractivity contribution >= 4 is 11.6 Å².